The normalized spacial score (nSPS) is 12.2. The van der Waals surface area contributed by atoms with E-state index in [1.807, 2.05) is 0 Å². The summed E-state index contributed by atoms with van der Waals surface area (Å²) in [6, 6.07) is 32.6. The van der Waals surface area contributed by atoms with Gasteiger partial charge in [0.1, 0.15) is 0 Å². The van der Waals surface area contributed by atoms with Crippen molar-refractivity contribution in [2.75, 3.05) is 0 Å². The van der Waals surface area contributed by atoms with Gasteiger partial charge >= 0.3 is 0 Å². The van der Waals surface area contributed by atoms with Crippen LogP contribution >= 0.6 is 0 Å². The fourth-order valence-corrected chi connectivity index (χ4v) is 5.24. The molecule has 30 heavy (non-hydrogen) atoms. The van der Waals surface area contributed by atoms with Crippen molar-refractivity contribution in [1.82, 2.24) is 9.55 Å². The van der Waals surface area contributed by atoms with Gasteiger partial charge in [-0.15, -0.1) is 0 Å². The molecule has 2 aromatic heterocycles. The Hall–Kier alpha value is -3.91. The maximum Gasteiger partial charge on any atom is 0.0722 e. The molecule has 1 aliphatic carbocycles. The first kappa shape index (κ1) is 15.9. The monoisotopic (exact) mass is 382 g/mol. The largest absolute Gasteiger partial charge is 0.344 e. The number of rotatable bonds is 1. The minimum atomic E-state index is 1.04. The van der Waals surface area contributed by atoms with Gasteiger partial charge in [0.25, 0.3) is 0 Å². The Morgan fingerprint density at radius 2 is 1.23 bits per heavy atom. The van der Waals surface area contributed by atoms with E-state index in [9.17, 15) is 0 Å². The van der Waals surface area contributed by atoms with E-state index in [2.05, 4.69) is 103 Å². The van der Waals surface area contributed by atoms with Crippen LogP contribution in [0.1, 0.15) is 0 Å². The Labute approximate surface area is 174 Å². The molecule has 0 fully saturated rings. The Bertz CT molecular complexity index is 1650. The van der Waals surface area contributed by atoms with Gasteiger partial charge in [-0.05, 0) is 46.5 Å². The van der Waals surface area contributed by atoms with Crippen molar-refractivity contribution < 1.29 is 0 Å². The fraction of sp³-hybridized carbons (Fsp3) is 0.0357. The number of hydrogen-bond donors (Lipinski definition) is 0. The standard InChI is InChI=1S/C28H18N2/c1-30-25-14-5-4-10-21(25)28-20(12-7-15-26(28)30)24-16-22-18-9-3-2-8-17(18)19-11-6-13-23(29-24)27(19)22/h2-16H,1H3. The van der Waals surface area contributed by atoms with Crippen LogP contribution in [-0.2, 0) is 7.05 Å². The van der Waals surface area contributed by atoms with E-state index in [-0.39, 0.29) is 0 Å². The Balaban J connectivity index is 1.62. The van der Waals surface area contributed by atoms with E-state index < -0.39 is 0 Å². The van der Waals surface area contributed by atoms with Crippen molar-refractivity contribution in [2.45, 2.75) is 0 Å². The van der Waals surface area contributed by atoms with Crippen LogP contribution in [0.4, 0.5) is 0 Å². The highest BCUT2D eigenvalue weighted by Gasteiger charge is 2.23. The summed E-state index contributed by atoms with van der Waals surface area (Å²) >= 11 is 0. The minimum absolute atomic E-state index is 1.04. The van der Waals surface area contributed by atoms with Crippen molar-refractivity contribution in [2.24, 2.45) is 7.05 Å². The van der Waals surface area contributed by atoms with Crippen LogP contribution in [0.2, 0.25) is 0 Å². The molecule has 2 heteroatoms. The van der Waals surface area contributed by atoms with Gasteiger partial charge in [-0.2, -0.15) is 0 Å². The molecule has 0 radical (unpaired) electrons. The number of fused-ring (bicyclic) bond motifs is 6. The van der Waals surface area contributed by atoms with Crippen molar-refractivity contribution >= 4 is 32.7 Å². The van der Waals surface area contributed by atoms with Crippen LogP contribution < -0.4 is 0 Å². The lowest BCUT2D eigenvalue weighted by atomic mass is 9.99. The minimum Gasteiger partial charge on any atom is -0.344 e. The molecule has 2 nitrogen and oxygen atoms in total. The van der Waals surface area contributed by atoms with Crippen molar-refractivity contribution in [3.8, 4) is 33.5 Å². The van der Waals surface area contributed by atoms with Gasteiger partial charge < -0.3 is 4.57 Å². The molecular formula is C28H18N2. The third kappa shape index (κ3) is 1.91. The first-order valence-electron chi connectivity index (χ1n) is 10.3. The third-order valence-electron chi connectivity index (χ3n) is 6.56. The van der Waals surface area contributed by atoms with Crippen molar-refractivity contribution in [3.05, 3.63) is 91.0 Å². The summed E-state index contributed by atoms with van der Waals surface area (Å²) in [7, 11) is 2.14. The average Bonchev–Trinajstić information content (AvgIpc) is 3.28. The molecule has 0 amide bonds. The van der Waals surface area contributed by atoms with Gasteiger partial charge in [0.2, 0.25) is 0 Å². The topological polar surface area (TPSA) is 17.8 Å². The molecule has 0 spiro atoms. The van der Waals surface area contributed by atoms with Crippen molar-refractivity contribution in [1.29, 1.82) is 0 Å². The summed E-state index contributed by atoms with van der Waals surface area (Å²) < 4.78 is 2.28. The average molecular weight is 382 g/mol. The summed E-state index contributed by atoms with van der Waals surface area (Å²) in [5, 5.41) is 3.82. The molecule has 4 aromatic carbocycles. The highest BCUT2D eigenvalue weighted by atomic mass is 14.9. The summed E-state index contributed by atoms with van der Waals surface area (Å²) in [6.45, 7) is 0. The molecule has 0 bridgehead atoms. The zero-order valence-corrected chi connectivity index (χ0v) is 16.6. The molecule has 7 rings (SSSR count). The lowest BCUT2D eigenvalue weighted by molar-refractivity contribution is 1.01. The lowest BCUT2D eigenvalue weighted by Crippen LogP contribution is -1.89. The highest BCUT2D eigenvalue weighted by molar-refractivity contribution is 6.17. The SMILES string of the molecule is Cn1c2ccccc2c2c(-c3cc4c5c(cccc5n3)-c3ccccc3-4)cccc21. The van der Waals surface area contributed by atoms with Crippen LogP contribution in [-0.4, -0.2) is 9.55 Å². The summed E-state index contributed by atoms with van der Waals surface area (Å²) in [5.74, 6) is 0. The molecule has 0 saturated heterocycles. The molecule has 1 aliphatic rings. The predicted molar refractivity (Wildman–Crippen MR) is 126 cm³/mol. The van der Waals surface area contributed by atoms with E-state index in [1.54, 1.807) is 0 Å². The van der Waals surface area contributed by atoms with Crippen LogP contribution in [0.25, 0.3) is 66.2 Å². The molecule has 140 valence electrons. The van der Waals surface area contributed by atoms with Crippen LogP contribution in [0.5, 0.6) is 0 Å². The van der Waals surface area contributed by atoms with Gasteiger partial charge in [0.05, 0.1) is 11.2 Å². The molecule has 0 unspecified atom stereocenters. The van der Waals surface area contributed by atoms with Gasteiger partial charge in [-0.25, -0.2) is 4.98 Å². The smallest absolute Gasteiger partial charge is 0.0722 e. The second kappa shape index (κ2) is 5.58. The first-order chi connectivity index (χ1) is 14.8. The van der Waals surface area contributed by atoms with Crippen LogP contribution in [0.15, 0.2) is 91.0 Å². The van der Waals surface area contributed by atoms with E-state index in [4.69, 9.17) is 4.98 Å². The molecule has 0 atom stereocenters. The number of aryl methyl sites for hydroxylation is 1. The molecule has 0 aliphatic heterocycles. The number of aromatic nitrogens is 2. The Morgan fingerprint density at radius 1 is 0.567 bits per heavy atom. The van der Waals surface area contributed by atoms with Crippen LogP contribution in [0, 0.1) is 0 Å². The number of hydrogen-bond acceptors (Lipinski definition) is 1. The Kier molecular flexibility index (Phi) is 2.97. The van der Waals surface area contributed by atoms with Gasteiger partial charge in [0.15, 0.2) is 0 Å². The van der Waals surface area contributed by atoms with Gasteiger partial charge in [-0.1, -0.05) is 66.7 Å². The molecule has 6 aromatic rings. The second-order valence-electron chi connectivity index (χ2n) is 8.08. The van der Waals surface area contributed by atoms with E-state index in [1.165, 1.54) is 55.0 Å². The zero-order chi connectivity index (χ0) is 19.8. The summed E-state index contributed by atoms with van der Waals surface area (Å²) in [6.07, 6.45) is 0. The number of benzene rings is 4. The van der Waals surface area contributed by atoms with Crippen LogP contribution in [0.3, 0.4) is 0 Å². The molecular weight excluding hydrogens is 364 g/mol. The second-order valence-corrected chi connectivity index (χ2v) is 8.08. The van der Waals surface area contributed by atoms with E-state index >= 15 is 0 Å². The Morgan fingerprint density at radius 3 is 2.13 bits per heavy atom. The zero-order valence-electron chi connectivity index (χ0n) is 16.6. The van der Waals surface area contributed by atoms with Gasteiger partial charge in [0, 0.05) is 39.8 Å². The van der Waals surface area contributed by atoms with Gasteiger partial charge in [-0.3, -0.25) is 0 Å². The third-order valence-corrected chi connectivity index (χ3v) is 6.56. The fourth-order valence-electron chi connectivity index (χ4n) is 5.24. The highest BCUT2D eigenvalue weighted by Crippen LogP contribution is 2.48. The number of pyridine rings is 1. The van der Waals surface area contributed by atoms with E-state index in [0.717, 1.165) is 11.2 Å². The lowest BCUT2D eigenvalue weighted by Gasteiger charge is -2.09. The van der Waals surface area contributed by atoms with E-state index in [0.29, 0.717) is 0 Å². The predicted octanol–water partition coefficient (Wildman–Crippen LogP) is 7.19. The number of para-hydroxylation sites is 1. The first-order valence-corrected chi connectivity index (χ1v) is 10.3. The van der Waals surface area contributed by atoms with Crippen molar-refractivity contribution in [3.63, 3.8) is 0 Å². The molecule has 0 saturated carbocycles. The maximum atomic E-state index is 5.15. The summed E-state index contributed by atoms with van der Waals surface area (Å²) in [5.41, 5.74) is 11.0. The maximum absolute atomic E-state index is 5.15. The molecule has 0 N–H and O–H groups in total. The molecule has 2 heterocycles. The summed E-state index contributed by atoms with van der Waals surface area (Å²) in [4.78, 5) is 5.15. The number of nitrogens with zero attached hydrogens (tertiary/aromatic N) is 2. The quantitative estimate of drug-likeness (QED) is 0.294.